The molecule has 3 atom stereocenters. The minimum Gasteiger partial charge on any atom is -0.345 e. The Morgan fingerprint density at radius 3 is 2.32 bits per heavy atom. The van der Waals surface area contributed by atoms with Gasteiger partial charge in [-0.2, -0.15) is 0 Å². The lowest BCUT2D eigenvalue weighted by atomic mass is 9.70. The largest absolute Gasteiger partial charge is 0.345 e. The molecule has 0 radical (unpaired) electrons. The Morgan fingerprint density at radius 2 is 1.59 bits per heavy atom. The second kappa shape index (κ2) is 8.22. The Morgan fingerprint density at radius 1 is 0.882 bits per heavy atom. The molecule has 2 aliphatic heterocycles. The Labute approximate surface area is 205 Å². The zero-order valence-corrected chi connectivity index (χ0v) is 19.9. The highest BCUT2D eigenvalue weighted by molar-refractivity contribution is 9.10. The lowest BCUT2D eigenvalue weighted by Crippen LogP contribution is -2.48. The summed E-state index contributed by atoms with van der Waals surface area (Å²) >= 11 is 3.53. The molecule has 0 N–H and O–H groups in total. The van der Waals surface area contributed by atoms with Crippen molar-refractivity contribution in [1.29, 1.82) is 0 Å². The molecule has 3 unspecified atom stereocenters. The van der Waals surface area contributed by atoms with Crippen molar-refractivity contribution in [2.75, 3.05) is 5.06 Å². The van der Waals surface area contributed by atoms with Crippen LogP contribution >= 0.6 is 15.9 Å². The number of halogens is 2. The van der Waals surface area contributed by atoms with Crippen molar-refractivity contribution in [1.82, 2.24) is 4.57 Å². The minimum absolute atomic E-state index is 0.0429. The van der Waals surface area contributed by atoms with Crippen molar-refractivity contribution in [3.8, 4) is 0 Å². The molecule has 0 amide bonds. The number of anilines is 1. The molecular weight excluding hydrogens is 495 g/mol. The molecule has 2 aliphatic rings. The van der Waals surface area contributed by atoms with Crippen LogP contribution in [0.2, 0.25) is 0 Å². The highest BCUT2D eigenvalue weighted by atomic mass is 79.9. The summed E-state index contributed by atoms with van der Waals surface area (Å²) < 4.78 is 16.9. The van der Waals surface area contributed by atoms with Crippen molar-refractivity contribution < 1.29 is 14.0 Å². The first kappa shape index (κ1) is 21.3. The van der Waals surface area contributed by atoms with Gasteiger partial charge in [0.15, 0.2) is 5.60 Å². The molecule has 6 heteroatoms. The van der Waals surface area contributed by atoms with E-state index in [1.54, 1.807) is 12.1 Å². The van der Waals surface area contributed by atoms with Crippen LogP contribution < -0.4 is 5.06 Å². The first-order valence-electron chi connectivity index (χ1n) is 11.3. The van der Waals surface area contributed by atoms with Crippen LogP contribution in [0.1, 0.15) is 40.0 Å². The average molecular weight is 517 g/mol. The van der Waals surface area contributed by atoms with Crippen molar-refractivity contribution in [2.45, 2.75) is 30.5 Å². The first-order chi connectivity index (χ1) is 16.6. The normalized spacial score (nSPS) is 23.9. The van der Waals surface area contributed by atoms with Gasteiger partial charge in [0, 0.05) is 23.6 Å². The number of rotatable bonds is 3. The maximum Gasteiger partial charge on any atom is 0.214 e. The lowest BCUT2D eigenvalue weighted by Gasteiger charge is -2.36. The van der Waals surface area contributed by atoms with Gasteiger partial charge in [-0.25, -0.2) is 9.45 Å². The summed E-state index contributed by atoms with van der Waals surface area (Å²) in [7, 11) is 0. The van der Waals surface area contributed by atoms with Gasteiger partial charge in [0.2, 0.25) is 5.78 Å². The standard InChI is InChI=1S/C28H22BrFN2O2/c29-21-12-8-20(9-13-21)26-25(19-10-14-22(30)15-11-19)28(34-32(26)23-5-2-1-3-6-23)16-18-31-17-4-7-24(31)27(28)33/h1-15,17,25-26H,16,18H2. The topological polar surface area (TPSA) is 34.5 Å². The summed E-state index contributed by atoms with van der Waals surface area (Å²) in [4.78, 5) is 20.9. The number of nitrogens with zero attached hydrogens (tertiary/aromatic N) is 2. The fourth-order valence-corrected chi connectivity index (χ4v) is 5.66. The molecule has 3 heterocycles. The number of carbonyl (C=O) groups is 1. The second-order valence-corrected chi connectivity index (χ2v) is 9.75. The molecule has 1 aromatic heterocycles. The maximum absolute atomic E-state index is 14.1. The van der Waals surface area contributed by atoms with Crippen molar-refractivity contribution in [3.63, 3.8) is 0 Å². The van der Waals surface area contributed by atoms with Gasteiger partial charge in [0.25, 0.3) is 0 Å². The number of para-hydroxylation sites is 1. The van der Waals surface area contributed by atoms with Gasteiger partial charge in [-0.1, -0.05) is 58.4 Å². The average Bonchev–Trinajstić information content (AvgIpc) is 3.47. The molecule has 4 nitrogen and oxygen atoms in total. The number of aryl methyl sites for hydroxylation is 1. The summed E-state index contributed by atoms with van der Waals surface area (Å²) in [5.74, 6) is -0.690. The lowest BCUT2D eigenvalue weighted by molar-refractivity contribution is -0.0195. The van der Waals surface area contributed by atoms with Crippen LogP contribution in [0.3, 0.4) is 0 Å². The van der Waals surface area contributed by atoms with Gasteiger partial charge in [-0.15, -0.1) is 0 Å². The third kappa shape index (κ3) is 3.32. The van der Waals surface area contributed by atoms with Gasteiger partial charge in [-0.3, -0.25) is 9.63 Å². The number of carbonyl (C=O) groups excluding carboxylic acids is 1. The van der Waals surface area contributed by atoms with Crippen molar-refractivity contribution in [2.24, 2.45) is 0 Å². The minimum atomic E-state index is -1.11. The molecule has 6 rings (SSSR count). The first-order valence-corrected chi connectivity index (χ1v) is 12.1. The van der Waals surface area contributed by atoms with E-state index in [0.717, 1.165) is 21.3 Å². The second-order valence-electron chi connectivity index (χ2n) is 8.83. The molecule has 0 aliphatic carbocycles. The van der Waals surface area contributed by atoms with E-state index in [4.69, 9.17) is 4.84 Å². The number of hydroxylamine groups is 1. The summed E-state index contributed by atoms with van der Waals surface area (Å²) in [5, 5.41) is 1.88. The van der Waals surface area contributed by atoms with E-state index in [-0.39, 0.29) is 23.6 Å². The quantitative estimate of drug-likeness (QED) is 0.304. The number of benzene rings is 3. The molecule has 1 fully saturated rings. The summed E-state index contributed by atoms with van der Waals surface area (Å²) in [6.45, 7) is 0.668. The number of ketones is 1. The van der Waals surface area contributed by atoms with Crippen LogP contribution in [-0.4, -0.2) is 16.0 Å². The summed E-state index contributed by atoms with van der Waals surface area (Å²) in [6.07, 6.45) is 2.45. The Balaban J connectivity index is 1.59. The highest BCUT2D eigenvalue weighted by Gasteiger charge is 2.61. The highest BCUT2D eigenvalue weighted by Crippen LogP contribution is 2.56. The third-order valence-electron chi connectivity index (χ3n) is 6.95. The van der Waals surface area contributed by atoms with E-state index >= 15 is 0 Å². The van der Waals surface area contributed by atoms with Crippen LogP contribution in [0.4, 0.5) is 10.1 Å². The van der Waals surface area contributed by atoms with Gasteiger partial charge in [0.1, 0.15) is 5.82 Å². The van der Waals surface area contributed by atoms with E-state index in [0.29, 0.717) is 18.7 Å². The summed E-state index contributed by atoms with van der Waals surface area (Å²) in [6, 6.07) is 27.9. The number of hydrogen-bond acceptors (Lipinski definition) is 3. The molecule has 1 saturated heterocycles. The molecule has 1 spiro atoms. The Hall–Kier alpha value is -3.22. The fourth-order valence-electron chi connectivity index (χ4n) is 5.39. The van der Waals surface area contributed by atoms with Crippen LogP contribution in [0.25, 0.3) is 0 Å². The zero-order chi connectivity index (χ0) is 23.3. The Bertz CT molecular complexity index is 1340. The van der Waals surface area contributed by atoms with E-state index in [1.165, 1.54) is 12.1 Å². The predicted octanol–water partition coefficient (Wildman–Crippen LogP) is 6.69. The Kier molecular flexibility index (Phi) is 5.15. The molecule has 0 saturated carbocycles. The maximum atomic E-state index is 14.1. The number of fused-ring (bicyclic) bond motifs is 1. The van der Waals surface area contributed by atoms with Crippen LogP contribution in [0.15, 0.2) is 102 Å². The van der Waals surface area contributed by atoms with Crippen LogP contribution in [0.5, 0.6) is 0 Å². The van der Waals surface area contributed by atoms with Crippen LogP contribution in [-0.2, 0) is 11.4 Å². The molecule has 34 heavy (non-hydrogen) atoms. The predicted molar refractivity (Wildman–Crippen MR) is 132 cm³/mol. The molecule has 0 bridgehead atoms. The van der Waals surface area contributed by atoms with E-state index < -0.39 is 5.60 Å². The smallest absolute Gasteiger partial charge is 0.214 e. The zero-order valence-electron chi connectivity index (χ0n) is 18.3. The van der Waals surface area contributed by atoms with Crippen molar-refractivity contribution in [3.05, 3.63) is 124 Å². The third-order valence-corrected chi connectivity index (χ3v) is 7.48. The fraction of sp³-hybridized carbons (Fsp3) is 0.179. The molecule has 4 aromatic rings. The van der Waals surface area contributed by atoms with E-state index in [2.05, 4.69) is 28.1 Å². The summed E-state index contributed by atoms with van der Waals surface area (Å²) in [5.41, 5.74) is 2.30. The number of aromatic nitrogens is 1. The van der Waals surface area contributed by atoms with Gasteiger partial charge in [-0.05, 0) is 59.7 Å². The van der Waals surface area contributed by atoms with Gasteiger partial charge in [0.05, 0.1) is 23.3 Å². The van der Waals surface area contributed by atoms with Crippen LogP contribution in [0, 0.1) is 5.82 Å². The number of hydrogen-bond donors (Lipinski definition) is 0. The van der Waals surface area contributed by atoms with Gasteiger partial charge < -0.3 is 4.57 Å². The SMILES string of the molecule is O=C1c2cccn2CCC12ON(c1ccccc1)C(c1ccc(Br)cc1)C2c1ccc(F)cc1. The monoisotopic (exact) mass is 516 g/mol. The molecule has 3 aromatic carbocycles. The number of Topliss-reactive ketones (excluding diaryl/α,β-unsaturated/α-hetero) is 1. The van der Waals surface area contributed by atoms with E-state index in [1.807, 2.05) is 70.4 Å². The molecule has 170 valence electrons. The van der Waals surface area contributed by atoms with Gasteiger partial charge >= 0.3 is 0 Å². The van der Waals surface area contributed by atoms with E-state index in [9.17, 15) is 9.18 Å². The molecular formula is C28H22BrFN2O2. The van der Waals surface area contributed by atoms with Crippen molar-refractivity contribution >= 4 is 27.4 Å².